The summed E-state index contributed by atoms with van der Waals surface area (Å²) in [5.74, 6) is 0.0264. The summed E-state index contributed by atoms with van der Waals surface area (Å²) in [4.78, 5) is 17.7. The average Bonchev–Trinajstić information content (AvgIpc) is 2.35. The maximum Gasteiger partial charge on any atom is 0.249 e. The number of aromatic nitrogens is 1. The van der Waals surface area contributed by atoms with Crippen molar-refractivity contribution < 1.29 is 9.53 Å². The van der Waals surface area contributed by atoms with Crippen LogP contribution in [0, 0.1) is 0 Å². The summed E-state index contributed by atoms with van der Waals surface area (Å²) >= 11 is 0. The molecule has 1 aliphatic heterocycles. The number of carbonyl (C=O) groups excluding carboxylic acids is 1. The fraction of sp³-hybridized carbons (Fsp3) is 0.500. The van der Waals surface area contributed by atoms with E-state index in [0.717, 1.165) is 12.0 Å². The standard InChI is InChI=1S/C12H17N3O2/c13-4-3-11-8-17-9-12(16)15(11)7-10-2-1-5-14-6-10/h1-2,5-6,11H,3-4,7-9,13H2. The molecule has 1 fully saturated rings. The first kappa shape index (κ1) is 12.0. The van der Waals surface area contributed by atoms with Gasteiger partial charge >= 0.3 is 0 Å². The number of nitrogens with zero attached hydrogens (tertiary/aromatic N) is 2. The summed E-state index contributed by atoms with van der Waals surface area (Å²) in [6.45, 7) is 1.89. The van der Waals surface area contributed by atoms with E-state index >= 15 is 0 Å². The highest BCUT2D eigenvalue weighted by atomic mass is 16.5. The number of hydrogen-bond donors (Lipinski definition) is 1. The number of morpholine rings is 1. The molecule has 2 N–H and O–H groups in total. The Labute approximate surface area is 101 Å². The summed E-state index contributed by atoms with van der Waals surface area (Å²) in [6, 6.07) is 3.93. The van der Waals surface area contributed by atoms with Gasteiger partial charge in [0.25, 0.3) is 0 Å². The number of ether oxygens (including phenoxy) is 1. The van der Waals surface area contributed by atoms with Crippen LogP contribution in [0.25, 0.3) is 0 Å². The van der Waals surface area contributed by atoms with Crippen molar-refractivity contribution in [2.45, 2.75) is 19.0 Å². The van der Waals surface area contributed by atoms with Crippen LogP contribution in [-0.4, -0.2) is 41.6 Å². The number of pyridine rings is 1. The molecule has 2 heterocycles. The van der Waals surface area contributed by atoms with E-state index in [1.54, 1.807) is 12.4 Å². The Morgan fingerprint density at radius 2 is 2.47 bits per heavy atom. The van der Waals surface area contributed by atoms with E-state index in [0.29, 0.717) is 19.7 Å². The van der Waals surface area contributed by atoms with Gasteiger partial charge in [-0.1, -0.05) is 6.07 Å². The SMILES string of the molecule is NCCC1COCC(=O)N1Cc1cccnc1. The molecule has 2 rings (SSSR count). The first-order valence-electron chi connectivity index (χ1n) is 5.77. The van der Waals surface area contributed by atoms with Crippen LogP contribution in [0.2, 0.25) is 0 Å². The minimum atomic E-state index is 0.0264. The molecule has 1 amide bonds. The van der Waals surface area contributed by atoms with Gasteiger partial charge in [0, 0.05) is 18.9 Å². The fourth-order valence-corrected chi connectivity index (χ4v) is 2.00. The zero-order valence-corrected chi connectivity index (χ0v) is 9.71. The zero-order valence-electron chi connectivity index (χ0n) is 9.71. The van der Waals surface area contributed by atoms with Crippen molar-refractivity contribution in [2.24, 2.45) is 5.73 Å². The smallest absolute Gasteiger partial charge is 0.249 e. The molecule has 17 heavy (non-hydrogen) atoms. The average molecular weight is 235 g/mol. The lowest BCUT2D eigenvalue weighted by molar-refractivity contribution is -0.149. The van der Waals surface area contributed by atoms with E-state index in [4.69, 9.17) is 10.5 Å². The van der Waals surface area contributed by atoms with E-state index in [9.17, 15) is 4.79 Å². The summed E-state index contributed by atoms with van der Waals surface area (Å²) < 4.78 is 5.25. The number of carbonyl (C=O) groups is 1. The van der Waals surface area contributed by atoms with Gasteiger partial charge in [0.2, 0.25) is 5.91 Å². The predicted molar refractivity (Wildman–Crippen MR) is 63.1 cm³/mol. The van der Waals surface area contributed by atoms with Crippen molar-refractivity contribution in [3.8, 4) is 0 Å². The molecule has 1 atom stereocenters. The predicted octanol–water partition coefficient (Wildman–Crippen LogP) is 0.158. The second kappa shape index (κ2) is 5.75. The minimum absolute atomic E-state index is 0.0264. The second-order valence-corrected chi connectivity index (χ2v) is 4.13. The van der Waals surface area contributed by atoms with Gasteiger partial charge in [0.15, 0.2) is 0 Å². The molecule has 5 heteroatoms. The molecule has 0 spiro atoms. The lowest BCUT2D eigenvalue weighted by Gasteiger charge is -2.35. The van der Waals surface area contributed by atoms with Gasteiger partial charge in [0.1, 0.15) is 6.61 Å². The van der Waals surface area contributed by atoms with Crippen LogP contribution in [0.3, 0.4) is 0 Å². The van der Waals surface area contributed by atoms with Crippen molar-refractivity contribution in [3.63, 3.8) is 0 Å². The zero-order chi connectivity index (χ0) is 12.1. The van der Waals surface area contributed by atoms with Crippen molar-refractivity contribution in [1.82, 2.24) is 9.88 Å². The Bertz CT molecular complexity index is 367. The van der Waals surface area contributed by atoms with E-state index in [-0.39, 0.29) is 18.6 Å². The molecule has 0 aromatic carbocycles. The molecule has 1 unspecified atom stereocenters. The molecule has 0 saturated carbocycles. The van der Waals surface area contributed by atoms with Crippen LogP contribution < -0.4 is 5.73 Å². The van der Waals surface area contributed by atoms with Crippen molar-refractivity contribution in [1.29, 1.82) is 0 Å². The van der Waals surface area contributed by atoms with Gasteiger partial charge < -0.3 is 15.4 Å². The molecule has 1 aliphatic rings. The number of amides is 1. The van der Waals surface area contributed by atoms with Crippen LogP contribution in [0.4, 0.5) is 0 Å². The Balaban J connectivity index is 2.07. The third kappa shape index (κ3) is 3.01. The highest BCUT2D eigenvalue weighted by Crippen LogP contribution is 2.14. The summed E-state index contributed by atoms with van der Waals surface area (Å²) in [6.07, 6.45) is 4.27. The first-order valence-corrected chi connectivity index (χ1v) is 5.77. The molecule has 0 bridgehead atoms. The molecule has 1 aromatic heterocycles. The summed E-state index contributed by atoms with van der Waals surface area (Å²) in [7, 11) is 0. The number of rotatable bonds is 4. The molecule has 92 valence electrons. The number of nitrogens with two attached hydrogens (primary N) is 1. The van der Waals surface area contributed by atoms with Crippen LogP contribution in [0.5, 0.6) is 0 Å². The maximum absolute atomic E-state index is 11.8. The van der Waals surface area contributed by atoms with Crippen LogP contribution >= 0.6 is 0 Å². The normalized spacial score (nSPS) is 20.6. The van der Waals surface area contributed by atoms with Gasteiger partial charge in [-0.3, -0.25) is 9.78 Å². The van der Waals surface area contributed by atoms with Gasteiger partial charge in [-0.15, -0.1) is 0 Å². The molecule has 0 radical (unpaired) electrons. The molecule has 5 nitrogen and oxygen atoms in total. The lowest BCUT2D eigenvalue weighted by Crippen LogP contribution is -2.49. The van der Waals surface area contributed by atoms with Gasteiger partial charge in [-0.2, -0.15) is 0 Å². The molecule has 1 aromatic rings. The monoisotopic (exact) mass is 235 g/mol. The van der Waals surface area contributed by atoms with Gasteiger partial charge in [0.05, 0.1) is 12.6 Å². The Morgan fingerprint density at radius 1 is 1.59 bits per heavy atom. The fourth-order valence-electron chi connectivity index (χ4n) is 2.00. The molecular formula is C12H17N3O2. The molecule has 0 aliphatic carbocycles. The van der Waals surface area contributed by atoms with Crippen LogP contribution in [0.15, 0.2) is 24.5 Å². The van der Waals surface area contributed by atoms with Gasteiger partial charge in [-0.05, 0) is 24.6 Å². The molecule has 1 saturated heterocycles. The summed E-state index contributed by atoms with van der Waals surface area (Å²) in [5.41, 5.74) is 6.59. The minimum Gasteiger partial charge on any atom is -0.369 e. The summed E-state index contributed by atoms with van der Waals surface area (Å²) in [5, 5.41) is 0. The topological polar surface area (TPSA) is 68.5 Å². The molecular weight excluding hydrogens is 218 g/mol. The first-order chi connectivity index (χ1) is 8.31. The van der Waals surface area contributed by atoms with Crippen molar-refractivity contribution >= 4 is 5.91 Å². The quantitative estimate of drug-likeness (QED) is 0.807. The number of hydrogen-bond acceptors (Lipinski definition) is 4. The van der Waals surface area contributed by atoms with Crippen molar-refractivity contribution in [2.75, 3.05) is 19.8 Å². The van der Waals surface area contributed by atoms with Gasteiger partial charge in [-0.25, -0.2) is 0 Å². The third-order valence-corrected chi connectivity index (χ3v) is 2.87. The van der Waals surface area contributed by atoms with E-state index in [1.165, 1.54) is 0 Å². The highest BCUT2D eigenvalue weighted by molar-refractivity contribution is 5.78. The van der Waals surface area contributed by atoms with Crippen molar-refractivity contribution in [3.05, 3.63) is 30.1 Å². The van der Waals surface area contributed by atoms with E-state index in [1.807, 2.05) is 17.0 Å². The Kier molecular flexibility index (Phi) is 4.06. The Morgan fingerprint density at radius 3 is 3.18 bits per heavy atom. The Hall–Kier alpha value is -1.46. The van der Waals surface area contributed by atoms with E-state index in [2.05, 4.69) is 4.98 Å². The largest absolute Gasteiger partial charge is 0.369 e. The van der Waals surface area contributed by atoms with E-state index < -0.39 is 0 Å². The lowest BCUT2D eigenvalue weighted by atomic mass is 10.1. The maximum atomic E-state index is 11.8. The third-order valence-electron chi connectivity index (χ3n) is 2.87. The second-order valence-electron chi connectivity index (χ2n) is 4.13. The van der Waals surface area contributed by atoms with Crippen LogP contribution in [-0.2, 0) is 16.1 Å². The highest BCUT2D eigenvalue weighted by Gasteiger charge is 2.27. The van der Waals surface area contributed by atoms with Crippen LogP contribution in [0.1, 0.15) is 12.0 Å².